The van der Waals surface area contributed by atoms with E-state index in [2.05, 4.69) is 4.98 Å². The fraction of sp³-hybridized carbons (Fsp3) is 0.105. The Balaban J connectivity index is 2.10. The molecule has 144 valence electrons. The second kappa shape index (κ2) is 7.95. The van der Waals surface area contributed by atoms with E-state index >= 15 is 0 Å². The number of aromatic nitrogens is 1. The van der Waals surface area contributed by atoms with Gasteiger partial charge in [0, 0.05) is 29.5 Å². The molecule has 0 bridgehead atoms. The molecule has 3 rings (SSSR count). The number of hydrogen-bond acceptors (Lipinski definition) is 5. The number of nitro benzene ring substituents is 1. The van der Waals surface area contributed by atoms with Crippen LogP contribution in [0.4, 0.5) is 11.4 Å². The Morgan fingerprint density at radius 3 is 2.43 bits per heavy atom. The number of nitro groups is 1. The van der Waals surface area contributed by atoms with E-state index in [0.717, 1.165) is 0 Å². The highest BCUT2D eigenvalue weighted by molar-refractivity contribution is 7.92. The number of sulfonamides is 1. The van der Waals surface area contributed by atoms with Gasteiger partial charge in [-0.25, -0.2) is 8.42 Å². The fourth-order valence-corrected chi connectivity index (χ4v) is 4.52. The summed E-state index contributed by atoms with van der Waals surface area (Å²) in [6, 6.07) is 13.6. The van der Waals surface area contributed by atoms with Crippen LogP contribution >= 0.6 is 11.6 Å². The molecule has 9 heteroatoms. The van der Waals surface area contributed by atoms with E-state index in [4.69, 9.17) is 11.6 Å². The first kappa shape index (κ1) is 19.8. The van der Waals surface area contributed by atoms with Crippen LogP contribution in [0.1, 0.15) is 11.1 Å². The molecule has 2 aromatic carbocycles. The lowest BCUT2D eigenvalue weighted by Gasteiger charge is -2.25. The molecule has 0 amide bonds. The van der Waals surface area contributed by atoms with Crippen LogP contribution in [0.25, 0.3) is 0 Å². The van der Waals surface area contributed by atoms with Gasteiger partial charge >= 0.3 is 0 Å². The Labute approximate surface area is 167 Å². The maximum Gasteiger partial charge on any atom is 0.269 e. The SMILES string of the molecule is Cc1cc([N+](=O)[O-])ccc1S(=O)(=O)N(Cc1cccnc1)c1ccc(Cl)cc1. The molecule has 0 spiro atoms. The van der Waals surface area contributed by atoms with Gasteiger partial charge in [0.2, 0.25) is 0 Å². The van der Waals surface area contributed by atoms with Crippen molar-refractivity contribution in [1.29, 1.82) is 0 Å². The summed E-state index contributed by atoms with van der Waals surface area (Å²) in [5.41, 5.74) is 1.24. The highest BCUT2D eigenvalue weighted by Gasteiger charge is 2.28. The highest BCUT2D eigenvalue weighted by atomic mass is 35.5. The van der Waals surface area contributed by atoms with Crippen LogP contribution < -0.4 is 4.31 Å². The zero-order valence-electron chi connectivity index (χ0n) is 14.8. The Morgan fingerprint density at radius 2 is 1.86 bits per heavy atom. The van der Waals surface area contributed by atoms with Crippen molar-refractivity contribution in [3.05, 3.63) is 93.3 Å². The van der Waals surface area contributed by atoms with E-state index in [1.165, 1.54) is 29.4 Å². The summed E-state index contributed by atoms with van der Waals surface area (Å²) < 4.78 is 28.1. The predicted molar refractivity (Wildman–Crippen MR) is 107 cm³/mol. The largest absolute Gasteiger partial charge is 0.269 e. The third-order valence-electron chi connectivity index (χ3n) is 4.10. The van der Waals surface area contributed by atoms with Crippen molar-refractivity contribution in [3.8, 4) is 0 Å². The van der Waals surface area contributed by atoms with Crippen LogP contribution in [0.2, 0.25) is 5.02 Å². The molecular weight excluding hydrogens is 402 g/mol. The number of non-ortho nitro benzene ring substituents is 1. The fourth-order valence-electron chi connectivity index (χ4n) is 2.74. The highest BCUT2D eigenvalue weighted by Crippen LogP contribution is 2.30. The van der Waals surface area contributed by atoms with Crippen molar-refractivity contribution in [1.82, 2.24) is 4.98 Å². The van der Waals surface area contributed by atoms with Gasteiger partial charge in [-0.1, -0.05) is 17.7 Å². The van der Waals surface area contributed by atoms with E-state index in [1.54, 1.807) is 48.8 Å². The second-order valence-electron chi connectivity index (χ2n) is 6.06. The molecule has 0 saturated heterocycles. The van der Waals surface area contributed by atoms with E-state index < -0.39 is 14.9 Å². The maximum absolute atomic E-state index is 13.4. The van der Waals surface area contributed by atoms with Crippen molar-refractivity contribution in [3.63, 3.8) is 0 Å². The summed E-state index contributed by atoms with van der Waals surface area (Å²) in [5.74, 6) is 0. The number of aryl methyl sites for hydroxylation is 1. The Bertz CT molecular complexity index is 1100. The Morgan fingerprint density at radius 1 is 1.14 bits per heavy atom. The van der Waals surface area contributed by atoms with Crippen molar-refractivity contribution in [2.75, 3.05) is 4.31 Å². The van der Waals surface area contributed by atoms with E-state index in [0.29, 0.717) is 21.8 Å². The van der Waals surface area contributed by atoms with Crippen LogP contribution in [-0.2, 0) is 16.6 Å². The van der Waals surface area contributed by atoms with Gasteiger partial charge in [0.15, 0.2) is 0 Å². The summed E-state index contributed by atoms with van der Waals surface area (Å²) >= 11 is 5.94. The quantitative estimate of drug-likeness (QED) is 0.439. The zero-order chi connectivity index (χ0) is 20.3. The molecule has 3 aromatic rings. The normalized spacial score (nSPS) is 11.2. The van der Waals surface area contributed by atoms with Crippen LogP contribution in [0.15, 0.2) is 71.9 Å². The summed E-state index contributed by atoms with van der Waals surface area (Å²) in [6.07, 6.45) is 3.19. The summed E-state index contributed by atoms with van der Waals surface area (Å²) in [5, 5.41) is 11.4. The lowest BCUT2D eigenvalue weighted by molar-refractivity contribution is -0.385. The van der Waals surface area contributed by atoms with Crippen LogP contribution in [0.5, 0.6) is 0 Å². The third-order valence-corrected chi connectivity index (χ3v) is 6.29. The summed E-state index contributed by atoms with van der Waals surface area (Å²) in [4.78, 5) is 14.4. The first-order valence-corrected chi connectivity index (χ1v) is 10.0. The van der Waals surface area contributed by atoms with Gasteiger partial charge in [-0.2, -0.15) is 0 Å². The average Bonchev–Trinajstić information content (AvgIpc) is 2.67. The Kier molecular flexibility index (Phi) is 5.62. The minimum atomic E-state index is -4.00. The topological polar surface area (TPSA) is 93.4 Å². The number of hydrogen-bond donors (Lipinski definition) is 0. The monoisotopic (exact) mass is 417 g/mol. The third kappa shape index (κ3) is 4.13. The molecule has 0 saturated carbocycles. The van der Waals surface area contributed by atoms with E-state index in [1.807, 2.05) is 0 Å². The molecule has 0 atom stereocenters. The minimum absolute atomic E-state index is 0.00283. The molecule has 0 aliphatic rings. The molecule has 0 unspecified atom stereocenters. The number of anilines is 1. The number of halogens is 1. The summed E-state index contributed by atoms with van der Waals surface area (Å²) in [6.45, 7) is 1.58. The van der Waals surface area contributed by atoms with E-state index in [9.17, 15) is 18.5 Å². The molecule has 0 fully saturated rings. The molecule has 0 N–H and O–H groups in total. The molecular formula is C19H16ClN3O4S. The van der Waals surface area contributed by atoms with Crippen LogP contribution in [0, 0.1) is 17.0 Å². The van der Waals surface area contributed by atoms with Crippen molar-refractivity contribution in [2.45, 2.75) is 18.4 Å². The summed E-state index contributed by atoms with van der Waals surface area (Å²) in [7, 11) is -4.00. The lowest BCUT2D eigenvalue weighted by atomic mass is 10.2. The van der Waals surface area contributed by atoms with E-state index in [-0.39, 0.29) is 17.1 Å². The minimum Gasteiger partial charge on any atom is -0.264 e. The predicted octanol–water partition coefficient (Wildman–Crippen LogP) is 4.35. The number of pyridine rings is 1. The number of benzene rings is 2. The molecule has 28 heavy (non-hydrogen) atoms. The van der Waals surface area contributed by atoms with Crippen LogP contribution in [-0.4, -0.2) is 18.3 Å². The average molecular weight is 418 g/mol. The smallest absolute Gasteiger partial charge is 0.264 e. The van der Waals surface area contributed by atoms with Gasteiger partial charge in [-0.05, 0) is 54.4 Å². The molecule has 0 aliphatic carbocycles. The maximum atomic E-state index is 13.4. The van der Waals surface area contributed by atoms with Gasteiger partial charge in [0.05, 0.1) is 22.1 Å². The first-order chi connectivity index (χ1) is 13.3. The zero-order valence-corrected chi connectivity index (χ0v) is 16.4. The second-order valence-corrected chi connectivity index (χ2v) is 8.32. The molecule has 7 nitrogen and oxygen atoms in total. The molecule has 0 radical (unpaired) electrons. The number of rotatable bonds is 6. The van der Waals surface area contributed by atoms with Crippen molar-refractivity contribution >= 4 is 33.0 Å². The van der Waals surface area contributed by atoms with Gasteiger partial charge in [-0.3, -0.25) is 19.4 Å². The molecule has 1 heterocycles. The Hall–Kier alpha value is -2.97. The van der Waals surface area contributed by atoms with Gasteiger partial charge in [-0.15, -0.1) is 0 Å². The van der Waals surface area contributed by atoms with Gasteiger partial charge in [0.1, 0.15) is 0 Å². The number of nitrogens with zero attached hydrogens (tertiary/aromatic N) is 3. The van der Waals surface area contributed by atoms with Crippen molar-refractivity contribution in [2.24, 2.45) is 0 Å². The molecule has 1 aromatic heterocycles. The van der Waals surface area contributed by atoms with Crippen LogP contribution in [0.3, 0.4) is 0 Å². The van der Waals surface area contributed by atoms with Gasteiger partial charge < -0.3 is 0 Å². The standard InChI is InChI=1S/C19H16ClN3O4S/c1-14-11-18(23(24)25)8-9-19(14)28(26,27)22(13-15-3-2-10-21-12-15)17-6-4-16(20)5-7-17/h2-12H,13H2,1H3. The molecule has 0 aliphatic heterocycles. The van der Waals surface area contributed by atoms with Gasteiger partial charge in [0.25, 0.3) is 15.7 Å². The lowest BCUT2D eigenvalue weighted by Crippen LogP contribution is -2.31. The van der Waals surface area contributed by atoms with Crippen molar-refractivity contribution < 1.29 is 13.3 Å². The first-order valence-electron chi connectivity index (χ1n) is 8.21.